The summed E-state index contributed by atoms with van der Waals surface area (Å²) in [5.41, 5.74) is 4.25. The van der Waals surface area contributed by atoms with Crippen LogP contribution in [0, 0.1) is 6.92 Å². The quantitative estimate of drug-likeness (QED) is 0.351. The molecule has 0 heterocycles. The molecule has 0 aliphatic carbocycles. The number of nitrogens with zero attached hydrogens (tertiary/aromatic N) is 1. The van der Waals surface area contributed by atoms with E-state index in [1.165, 1.54) is 5.56 Å². The van der Waals surface area contributed by atoms with Crippen molar-refractivity contribution in [2.75, 3.05) is 0 Å². The van der Waals surface area contributed by atoms with Gasteiger partial charge >= 0.3 is 0 Å². The highest BCUT2D eigenvalue weighted by Crippen LogP contribution is 2.19. The number of carbonyl (C=O) groups excluding carboxylic acids is 2. The molecule has 0 spiro atoms. The fourth-order valence-corrected chi connectivity index (χ4v) is 4.06. The Morgan fingerprint density at radius 3 is 2.14 bits per heavy atom. The van der Waals surface area contributed by atoms with Crippen LogP contribution in [0.15, 0.2) is 78.9 Å². The van der Waals surface area contributed by atoms with Crippen molar-refractivity contribution in [2.24, 2.45) is 0 Å². The van der Waals surface area contributed by atoms with Gasteiger partial charge in [-0.15, -0.1) is 0 Å². The first kappa shape index (κ1) is 26.5. The van der Waals surface area contributed by atoms with Crippen LogP contribution < -0.4 is 5.32 Å². The Kier molecular flexibility index (Phi) is 9.92. The van der Waals surface area contributed by atoms with Crippen molar-refractivity contribution in [3.8, 4) is 0 Å². The average molecular weight is 491 g/mol. The molecular weight excluding hydrogens is 456 g/mol. The molecule has 0 fully saturated rings. The fourth-order valence-electron chi connectivity index (χ4n) is 3.93. The number of carbonyl (C=O) groups is 2. The highest BCUT2D eigenvalue weighted by molar-refractivity contribution is 6.30. The van der Waals surface area contributed by atoms with Crippen molar-refractivity contribution in [1.29, 1.82) is 0 Å². The number of aryl methyl sites for hydroxylation is 2. The van der Waals surface area contributed by atoms with Crippen molar-refractivity contribution >= 4 is 23.4 Å². The predicted molar refractivity (Wildman–Crippen MR) is 143 cm³/mol. The third kappa shape index (κ3) is 8.25. The Labute approximate surface area is 214 Å². The summed E-state index contributed by atoms with van der Waals surface area (Å²) < 4.78 is 0. The van der Waals surface area contributed by atoms with Gasteiger partial charge in [0.05, 0.1) is 0 Å². The zero-order valence-electron chi connectivity index (χ0n) is 20.8. The van der Waals surface area contributed by atoms with Crippen LogP contribution in [0.4, 0.5) is 0 Å². The highest BCUT2D eigenvalue weighted by atomic mass is 35.5. The van der Waals surface area contributed by atoms with Gasteiger partial charge in [0.1, 0.15) is 6.04 Å². The van der Waals surface area contributed by atoms with Crippen LogP contribution in [0.5, 0.6) is 0 Å². The largest absolute Gasteiger partial charge is 0.352 e. The third-order valence-electron chi connectivity index (χ3n) is 6.29. The van der Waals surface area contributed by atoms with Gasteiger partial charge < -0.3 is 10.2 Å². The Morgan fingerprint density at radius 1 is 0.886 bits per heavy atom. The van der Waals surface area contributed by atoms with E-state index < -0.39 is 6.04 Å². The molecule has 0 saturated carbocycles. The number of amides is 2. The lowest BCUT2D eigenvalue weighted by atomic mass is 10.0. The van der Waals surface area contributed by atoms with Crippen molar-refractivity contribution in [3.63, 3.8) is 0 Å². The normalized spacial score (nSPS) is 12.6. The van der Waals surface area contributed by atoms with Gasteiger partial charge in [-0.3, -0.25) is 9.59 Å². The van der Waals surface area contributed by atoms with E-state index in [4.69, 9.17) is 11.6 Å². The Morgan fingerprint density at radius 2 is 1.51 bits per heavy atom. The Bertz CT molecular complexity index is 1080. The van der Waals surface area contributed by atoms with Crippen LogP contribution in [0.1, 0.15) is 48.9 Å². The smallest absolute Gasteiger partial charge is 0.243 e. The lowest BCUT2D eigenvalue weighted by Gasteiger charge is -2.32. The Hall–Kier alpha value is -3.11. The molecule has 2 amide bonds. The SMILES string of the molecule is CC[C@@H](C)NC(=O)[C@H](Cc1ccccc1)N(Cc1ccc(Cl)cc1)C(=O)CCc1ccc(C)cc1. The topological polar surface area (TPSA) is 49.4 Å². The maximum absolute atomic E-state index is 13.7. The van der Waals surface area contributed by atoms with Gasteiger partial charge in [0.25, 0.3) is 0 Å². The zero-order valence-corrected chi connectivity index (χ0v) is 21.6. The summed E-state index contributed by atoms with van der Waals surface area (Å²) in [6.07, 6.45) is 2.23. The van der Waals surface area contributed by atoms with Gasteiger partial charge in [-0.1, -0.05) is 90.8 Å². The molecule has 0 unspecified atom stereocenters. The third-order valence-corrected chi connectivity index (χ3v) is 6.54. The molecule has 0 bridgehead atoms. The number of hydrogen-bond acceptors (Lipinski definition) is 2. The van der Waals surface area contributed by atoms with E-state index in [1.807, 2.05) is 75.4 Å². The molecule has 3 aromatic rings. The second-order valence-electron chi connectivity index (χ2n) is 9.16. The summed E-state index contributed by atoms with van der Waals surface area (Å²) in [7, 11) is 0. The van der Waals surface area contributed by atoms with Crippen molar-refractivity contribution in [2.45, 2.75) is 65.1 Å². The lowest BCUT2D eigenvalue weighted by Crippen LogP contribution is -2.52. The van der Waals surface area contributed by atoms with Gasteiger partial charge in [-0.25, -0.2) is 0 Å². The number of nitrogens with one attached hydrogen (secondary N) is 1. The van der Waals surface area contributed by atoms with Gasteiger partial charge in [-0.2, -0.15) is 0 Å². The van der Waals surface area contributed by atoms with Gasteiger partial charge in [0.15, 0.2) is 0 Å². The number of hydrogen-bond donors (Lipinski definition) is 1. The second-order valence-corrected chi connectivity index (χ2v) is 9.59. The monoisotopic (exact) mass is 490 g/mol. The van der Waals surface area contributed by atoms with Crippen LogP contribution in [0.3, 0.4) is 0 Å². The predicted octanol–water partition coefficient (Wildman–Crippen LogP) is 6.14. The Balaban J connectivity index is 1.89. The minimum absolute atomic E-state index is 0.0285. The van der Waals surface area contributed by atoms with Crippen LogP contribution in [0.25, 0.3) is 0 Å². The van der Waals surface area contributed by atoms with Crippen LogP contribution in [-0.4, -0.2) is 28.8 Å². The van der Waals surface area contributed by atoms with E-state index in [9.17, 15) is 9.59 Å². The highest BCUT2D eigenvalue weighted by Gasteiger charge is 2.30. The maximum Gasteiger partial charge on any atom is 0.243 e. The molecule has 5 heteroatoms. The summed E-state index contributed by atoms with van der Waals surface area (Å²) >= 11 is 6.09. The summed E-state index contributed by atoms with van der Waals surface area (Å²) in [5, 5.41) is 3.75. The zero-order chi connectivity index (χ0) is 25.2. The van der Waals surface area contributed by atoms with E-state index in [1.54, 1.807) is 4.90 Å². The van der Waals surface area contributed by atoms with Crippen molar-refractivity contribution < 1.29 is 9.59 Å². The maximum atomic E-state index is 13.7. The summed E-state index contributed by atoms with van der Waals surface area (Å²) in [6, 6.07) is 25.0. The molecule has 0 aliphatic heterocycles. The molecule has 0 radical (unpaired) electrons. The van der Waals surface area contributed by atoms with E-state index in [2.05, 4.69) is 29.6 Å². The summed E-state index contributed by atoms with van der Waals surface area (Å²) in [4.78, 5) is 28.9. The first-order valence-corrected chi connectivity index (χ1v) is 12.7. The summed E-state index contributed by atoms with van der Waals surface area (Å²) in [5.74, 6) is -0.165. The van der Waals surface area contributed by atoms with Gasteiger partial charge in [0, 0.05) is 30.5 Å². The molecule has 4 nitrogen and oxygen atoms in total. The molecule has 0 aliphatic rings. The number of rotatable bonds is 11. The first-order chi connectivity index (χ1) is 16.9. The number of halogens is 1. The fraction of sp³-hybridized carbons (Fsp3) is 0.333. The molecule has 2 atom stereocenters. The minimum atomic E-state index is -0.618. The molecular formula is C30H35ClN2O2. The molecule has 0 saturated heterocycles. The van der Waals surface area contributed by atoms with Crippen molar-refractivity contribution in [3.05, 3.63) is 106 Å². The molecule has 3 rings (SSSR count). The molecule has 0 aromatic heterocycles. The van der Waals surface area contributed by atoms with E-state index in [0.29, 0.717) is 30.8 Å². The van der Waals surface area contributed by atoms with E-state index in [-0.39, 0.29) is 17.9 Å². The summed E-state index contributed by atoms with van der Waals surface area (Å²) in [6.45, 7) is 6.41. The van der Waals surface area contributed by atoms with E-state index in [0.717, 1.165) is 23.1 Å². The lowest BCUT2D eigenvalue weighted by molar-refractivity contribution is -0.141. The van der Waals surface area contributed by atoms with Crippen LogP contribution >= 0.6 is 11.6 Å². The second kappa shape index (κ2) is 13.1. The number of benzene rings is 3. The van der Waals surface area contributed by atoms with E-state index >= 15 is 0 Å². The van der Waals surface area contributed by atoms with Gasteiger partial charge in [-0.05, 0) is 55.5 Å². The molecule has 3 aromatic carbocycles. The van der Waals surface area contributed by atoms with Crippen LogP contribution in [-0.2, 0) is 29.0 Å². The van der Waals surface area contributed by atoms with Crippen molar-refractivity contribution in [1.82, 2.24) is 10.2 Å². The standard InChI is InChI=1S/C30H35ClN2O2/c1-4-23(3)32-30(35)28(20-25-8-6-5-7-9-25)33(21-26-14-17-27(31)18-15-26)29(34)19-16-24-12-10-22(2)11-13-24/h5-15,17-18,23,28H,4,16,19-21H2,1-3H3,(H,32,35)/t23-,28+/m1/s1. The average Bonchev–Trinajstić information content (AvgIpc) is 2.87. The first-order valence-electron chi connectivity index (χ1n) is 12.3. The molecule has 35 heavy (non-hydrogen) atoms. The molecule has 184 valence electrons. The molecule has 1 N–H and O–H groups in total. The van der Waals surface area contributed by atoms with Crippen LogP contribution in [0.2, 0.25) is 5.02 Å². The van der Waals surface area contributed by atoms with Gasteiger partial charge in [0.2, 0.25) is 11.8 Å². The minimum Gasteiger partial charge on any atom is -0.352 e.